The number of hydrogen-bond acceptors (Lipinski definition) is 3. The molecular weight excluding hydrogens is 277 g/mol. The summed E-state index contributed by atoms with van der Waals surface area (Å²) in [6.45, 7) is 1.26. The molecule has 0 spiro atoms. The van der Waals surface area contributed by atoms with Crippen LogP contribution in [-0.4, -0.2) is 36.5 Å². The van der Waals surface area contributed by atoms with E-state index in [0.717, 1.165) is 0 Å². The van der Waals surface area contributed by atoms with Gasteiger partial charge in [0.1, 0.15) is 0 Å². The Morgan fingerprint density at radius 1 is 1.43 bits per heavy atom. The summed E-state index contributed by atoms with van der Waals surface area (Å²) in [7, 11) is 0. The summed E-state index contributed by atoms with van der Waals surface area (Å²) in [6, 6.07) is 6.62. The van der Waals surface area contributed by atoms with Crippen LogP contribution in [0.25, 0.3) is 0 Å². The van der Waals surface area contributed by atoms with Gasteiger partial charge in [-0.15, -0.1) is 0 Å². The minimum atomic E-state index is -0.903. The van der Waals surface area contributed by atoms with Gasteiger partial charge in [-0.3, -0.25) is 14.1 Å². The number of carboxylic acids is 1. The van der Waals surface area contributed by atoms with Gasteiger partial charge in [0.15, 0.2) is 0 Å². The highest BCUT2D eigenvalue weighted by molar-refractivity contribution is 5.92. The quantitative estimate of drug-likeness (QED) is 0.867. The number of amides is 1. The number of aliphatic carboxylic acids is 1. The molecule has 0 aromatic heterocycles. The second-order valence-corrected chi connectivity index (χ2v) is 5.06. The molecule has 1 aliphatic heterocycles. The molecule has 0 aliphatic carbocycles. The maximum Gasteiger partial charge on any atom is 0.414 e. The lowest BCUT2D eigenvalue weighted by molar-refractivity contribution is -0.139. The van der Waals surface area contributed by atoms with Crippen molar-refractivity contribution in [1.82, 2.24) is 0 Å². The number of carbonyl (C=O) groups excluding carboxylic acids is 1. The normalized spacial score (nSPS) is 20.8. The Morgan fingerprint density at radius 3 is 2.81 bits per heavy atom. The van der Waals surface area contributed by atoms with E-state index in [4.69, 9.17) is 4.74 Å². The van der Waals surface area contributed by atoms with Crippen LogP contribution >= 0.6 is 0 Å². The average Bonchev–Trinajstić information content (AvgIpc) is 2.46. The van der Waals surface area contributed by atoms with Crippen LogP contribution in [0.5, 0.6) is 0 Å². The highest BCUT2D eigenvalue weighted by atomic mass is 19.1. The topological polar surface area (TPSA) is 66.8 Å². The number of carboxylic acid groups (broad SMARTS) is 1. The third-order valence-electron chi connectivity index (χ3n) is 3.59. The lowest BCUT2D eigenvalue weighted by Crippen LogP contribution is -2.44. The van der Waals surface area contributed by atoms with E-state index < -0.39 is 24.7 Å². The Kier molecular flexibility index (Phi) is 4.77. The molecule has 1 N–H and O–H groups in total. The number of halogens is 1. The van der Waals surface area contributed by atoms with Crippen LogP contribution < -0.4 is 4.90 Å². The number of anilines is 1. The fraction of sp³-hybridized carbons (Fsp3) is 0.467. The maximum absolute atomic E-state index is 12.2. The standard InChI is InChI=1S/C15H18FNO4/c1-10-9-12(14(18)19)11-5-2-3-6-13(11)17(10)15(20)21-8-4-7-16/h2-3,5-6,10,12H,4,7-9H2,1H3,(H,18,19)/t10-,12+/m1/s1. The van der Waals surface area contributed by atoms with Gasteiger partial charge in [-0.2, -0.15) is 0 Å². The SMILES string of the molecule is C[C@@H]1C[C@H](C(=O)O)c2ccccc2N1C(=O)OCCCF. The minimum absolute atomic E-state index is 0.0169. The summed E-state index contributed by atoms with van der Waals surface area (Å²) in [5.74, 6) is -1.54. The Labute approximate surface area is 122 Å². The Hall–Kier alpha value is -2.11. The number of hydrogen-bond donors (Lipinski definition) is 1. The zero-order valence-corrected chi connectivity index (χ0v) is 11.8. The summed E-state index contributed by atoms with van der Waals surface area (Å²) in [5.41, 5.74) is 1.15. The van der Waals surface area contributed by atoms with Gasteiger partial charge in [-0.1, -0.05) is 18.2 Å². The molecule has 0 unspecified atom stereocenters. The number of fused-ring (bicyclic) bond motifs is 1. The third-order valence-corrected chi connectivity index (χ3v) is 3.59. The summed E-state index contributed by atoms with van der Waals surface area (Å²) < 4.78 is 17.1. The van der Waals surface area contributed by atoms with Crippen molar-refractivity contribution in [3.63, 3.8) is 0 Å². The third kappa shape index (κ3) is 3.15. The summed E-state index contributed by atoms with van der Waals surface area (Å²) in [4.78, 5) is 25.0. The highest BCUT2D eigenvalue weighted by Crippen LogP contribution is 2.38. The number of ether oxygens (including phenoxy) is 1. The fourth-order valence-electron chi connectivity index (χ4n) is 2.61. The molecule has 2 rings (SSSR count). The van der Waals surface area contributed by atoms with E-state index in [2.05, 4.69) is 0 Å². The number of para-hydroxylation sites is 1. The fourth-order valence-corrected chi connectivity index (χ4v) is 2.61. The summed E-state index contributed by atoms with van der Waals surface area (Å²) >= 11 is 0. The van der Waals surface area contributed by atoms with Crippen LogP contribution in [0.2, 0.25) is 0 Å². The first-order valence-corrected chi connectivity index (χ1v) is 6.90. The number of carbonyl (C=O) groups is 2. The smallest absolute Gasteiger partial charge is 0.414 e. The molecule has 114 valence electrons. The largest absolute Gasteiger partial charge is 0.481 e. The predicted molar refractivity (Wildman–Crippen MR) is 75.3 cm³/mol. The Balaban J connectivity index is 2.27. The molecule has 0 radical (unpaired) electrons. The van der Waals surface area contributed by atoms with E-state index in [-0.39, 0.29) is 19.1 Å². The number of nitrogens with zero attached hydrogens (tertiary/aromatic N) is 1. The lowest BCUT2D eigenvalue weighted by atomic mass is 9.86. The van der Waals surface area contributed by atoms with Crippen molar-refractivity contribution in [3.05, 3.63) is 29.8 Å². The van der Waals surface area contributed by atoms with Crippen LogP contribution in [0, 0.1) is 0 Å². The molecule has 5 nitrogen and oxygen atoms in total. The second kappa shape index (κ2) is 6.56. The first-order chi connectivity index (χ1) is 10.1. The molecule has 0 bridgehead atoms. The Bertz CT molecular complexity index is 534. The van der Waals surface area contributed by atoms with E-state index in [1.807, 2.05) is 0 Å². The molecule has 1 aromatic carbocycles. The minimum Gasteiger partial charge on any atom is -0.481 e. The molecule has 21 heavy (non-hydrogen) atoms. The number of benzene rings is 1. The molecular formula is C15H18FNO4. The van der Waals surface area contributed by atoms with Crippen molar-refractivity contribution in [2.24, 2.45) is 0 Å². The molecule has 1 aromatic rings. The van der Waals surface area contributed by atoms with E-state index in [1.54, 1.807) is 31.2 Å². The molecule has 2 atom stereocenters. The first-order valence-electron chi connectivity index (χ1n) is 6.90. The molecule has 0 saturated carbocycles. The molecule has 1 heterocycles. The lowest BCUT2D eigenvalue weighted by Gasteiger charge is -2.37. The van der Waals surface area contributed by atoms with E-state index in [0.29, 0.717) is 17.7 Å². The van der Waals surface area contributed by atoms with Gasteiger partial charge in [0, 0.05) is 12.5 Å². The van der Waals surface area contributed by atoms with E-state index in [1.165, 1.54) is 4.90 Å². The van der Waals surface area contributed by atoms with Gasteiger partial charge < -0.3 is 9.84 Å². The average molecular weight is 295 g/mol. The van der Waals surface area contributed by atoms with Crippen LogP contribution in [0.1, 0.15) is 31.2 Å². The van der Waals surface area contributed by atoms with Crippen molar-refractivity contribution in [1.29, 1.82) is 0 Å². The summed E-state index contributed by atoms with van der Waals surface area (Å²) in [5, 5.41) is 9.32. The molecule has 0 fully saturated rings. The summed E-state index contributed by atoms with van der Waals surface area (Å²) in [6.07, 6.45) is -0.0787. The van der Waals surface area contributed by atoms with Crippen LogP contribution in [0.15, 0.2) is 24.3 Å². The zero-order chi connectivity index (χ0) is 15.4. The van der Waals surface area contributed by atoms with Crippen LogP contribution in [0.4, 0.5) is 14.9 Å². The van der Waals surface area contributed by atoms with E-state index in [9.17, 15) is 19.1 Å². The van der Waals surface area contributed by atoms with Gasteiger partial charge >= 0.3 is 12.1 Å². The first kappa shape index (κ1) is 15.3. The van der Waals surface area contributed by atoms with Gasteiger partial charge in [0.2, 0.25) is 0 Å². The number of alkyl halides is 1. The van der Waals surface area contributed by atoms with Crippen molar-refractivity contribution in [3.8, 4) is 0 Å². The molecule has 1 amide bonds. The maximum atomic E-state index is 12.2. The van der Waals surface area contributed by atoms with Crippen LogP contribution in [0.3, 0.4) is 0 Å². The molecule has 0 saturated heterocycles. The van der Waals surface area contributed by atoms with Crippen molar-refractivity contribution in [2.75, 3.05) is 18.2 Å². The van der Waals surface area contributed by atoms with Crippen molar-refractivity contribution < 1.29 is 23.8 Å². The van der Waals surface area contributed by atoms with Gasteiger partial charge in [-0.05, 0) is 25.0 Å². The van der Waals surface area contributed by atoms with Gasteiger partial charge in [-0.25, -0.2) is 4.79 Å². The second-order valence-electron chi connectivity index (χ2n) is 5.06. The van der Waals surface area contributed by atoms with Crippen molar-refractivity contribution >= 4 is 17.7 Å². The highest BCUT2D eigenvalue weighted by Gasteiger charge is 2.37. The number of rotatable bonds is 4. The molecule has 1 aliphatic rings. The Morgan fingerprint density at radius 2 is 2.14 bits per heavy atom. The van der Waals surface area contributed by atoms with Gasteiger partial charge in [0.25, 0.3) is 0 Å². The monoisotopic (exact) mass is 295 g/mol. The predicted octanol–water partition coefficient (Wildman–Crippen LogP) is 2.95. The molecule has 6 heteroatoms. The van der Waals surface area contributed by atoms with E-state index >= 15 is 0 Å². The zero-order valence-electron chi connectivity index (χ0n) is 11.8. The van der Waals surface area contributed by atoms with Gasteiger partial charge in [0.05, 0.1) is 24.9 Å². The van der Waals surface area contributed by atoms with Crippen LogP contribution in [-0.2, 0) is 9.53 Å². The van der Waals surface area contributed by atoms with Crippen molar-refractivity contribution in [2.45, 2.75) is 31.7 Å².